The van der Waals surface area contributed by atoms with Crippen LogP contribution in [-0.4, -0.2) is 58.2 Å². The number of nitrogens with zero attached hydrogens (tertiary/aromatic N) is 3. The highest BCUT2D eigenvalue weighted by Crippen LogP contribution is 2.42. The van der Waals surface area contributed by atoms with Crippen LogP contribution in [0.15, 0.2) is 47.4 Å². The Balaban J connectivity index is 1.38. The van der Waals surface area contributed by atoms with Crippen molar-refractivity contribution >= 4 is 23.9 Å². The van der Waals surface area contributed by atoms with Gasteiger partial charge in [-0.15, -0.1) is 0 Å². The number of hydrogen-bond donors (Lipinski definition) is 1. The van der Waals surface area contributed by atoms with E-state index in [1.54, 1.807) is 6.07 Å². The van der Waals surface area contributed by atoms with Gasteiger partial charge in [0.2, 0.25) is 0 Å². The van der Waals surface area contributed by atoms with E-state index in [4.69, 9.17) is 0 Å². The normalized spacial score (nSPS) is 17.5. The third-order valence-corrected chi connectivity index (χ3v) is 7.36. The van der Waals surface area contributed by atoms with Gasteiger partial charge in [0, 0.05) is 29.4 Å². The Morgan fingerprint density at radius 3 is 2.40 bits per heavy atom. The van der Waals surface area contributed by atoms with Gasteiger partial charge in [0.25, 0.3) is 23.3 Å². The van der Waals surface area contributed by atoms with Gasteiger partial charge in [-0.25, -0.2) is 13.8 Å². The fraction of sp³-hybridized carbons (Fsp3) is 0.345. The van der Waals surface area contributed by atoms with Gasteiger partial charge in [0.1, 0.15) is 17.1 Å². The molecule has 2 amide bonds. The molecule has 42 heavy (non-hydrogen) atoms. The predicted octanol–water partition coefficient (Wildman–Crippen LogP) is 4.88. The zero-order valence-corrected chi connectivity index (χ0v) is 22.0. The van der Waals surface area contributed by atoms with Crippen LogP contribution in [0, 0.1) is 0 Å². The minimum atomic E-state index is -3.17. The van der Waals surface area contributed by atoms with Gasteiger partial charge in [0.05, 0.1) is 18.7 Å². The lowest BCUT2D eigenvalue weighted by molar-refractivity contribution is -0.113. The standard InChI is InChI=1S/C29H24F4N4O5/c30-28(31)42-19-5-6-20(21(10-19)26(40)36-13-29(32,33)14-36)17-8-23(16-1-2-16)34-24(9-17)35-25(39)22-7-15(12-38)11-37(27(22)41)18-3-4-18/h5-12,16,18,28H,1-4,13-14H2,(H,34,35,39). The van der Waals surface area contributed by atoms with Gasteiger partial charge in [0.15, 0.2) is 6.29 Å². The third kappa shape index (κ3) is 5.63. The summed E-state index contributed by atoms with van der Waals surface area (Å²) in [5.74, 6) is -4.83. The number of carbonyl (C=O) groups excluding carboxylic acids is 3. The largest absolute Gasteiger partial charge is 0.435 e. The second-order valence-electron chi connectivity index (χ2n) is 10.7. The van der Waals surface area contributed by atoms with Gasteiger partial charge >= 0.3 is 6.61 Å². The SMILES string of the molecule is O=Cc1cc(C(=O)Nc2cc(-c3ccc(OC(F)F)cc3C(=O)N3CC(F)(F)C3)cc(C3CC3)n2)c(=O)n(C2CC2)c1. The number of carbonyl (C=O) groups is 3. The molecule has 2 saturated carbocycles. The number of alkyl halides is 4. The molecule has 0 radical (unpaired) electrons. The molecule has 0 atom stereocenters. The van der Waals surface area contributed by atoms with Crippen molar-refractivity contribution in [3.63, 3.8) is 0 Å². The number of amides is 2. The number of aldehydes is 1. The fourth-order valence-electron chi connectivity index (χ4n) is 4.97. The molecule has 3 fully saturated rings. The average molecular weight is 585 g/mol. The summed E-state index contributed by atoms with van der Waals surface area (Å²) in [5, 5.41) is 2.61. The number of pyridine rings is 2. The Kier molecular flexibility index (Phi) is 6.82. The molecule has 6 rings (SSSR count). The highest BCUT2D eigenvalue weighted by atomic mass is 19.3. The molecule has 9 nitrogen and oxygen atoms in total. The van der Waals surface area contributed by atoms with E-state index < -0.39 is 43.0 Å². The van der Waals surface area contributed by atoms with Crippen LogP contribution in [-0.2, 0) is 0 Å². The zero-order valence-electron chi connectivity index (χ0n) is 22.0. The van der Waals surface area contributed by atoms with Crippen LogP contribution in [0.3, 0.4) is 0 Å². The van der Waals surface area contributed by atoms with E-state index in [1.807, 2.05) is 0 Å². The van der Waals surface area contributed by atoms with Gasteiger partial charge in [-0.1, -0.05) is 0 Å². The molecule has 1 saturated heterocycles. The van der Waals surface area contributed by atoms with Crippen LogP contribution in [0.4, 0.5) is 23.4 Å². The Morgan fingerprint density at radius 2 is 1.79 bits per heavy atom. The van der Waals surface area contributed by atoms with E-state index in [1.165, 1.54) is 35.0 Å². The lowest BCUT2D eigenvalue weighted by Gasteiger charge is -2.39. The number of aromatic nitrogens is 2. The van der Waals surface area contributed by atoms with Crippen molar-refractivity contribution in [2.24, 2.45) is 0 Å². The molecular formula is C29H24F4N4O5. The predicted molar refractivity (Wildman–Crippen MR) is 141 cm³/mol. The third-order valence-electron chi connectivity index (χ3n) is 7.36. The van der Waals surface area contributed by atoms with E-state index in [2.05, 4.69) is 15.0 Å². The molecule has 13 heteroatoms. The maximum atomic E-state index is 13.5. The van der Waals surface area contributed by atoms with Crippen LogP contribution in [0.1, 0.15) is 74.4 Å². The summed E-state index contributed by atoms with van der Waals surface area (Å²) < 4.78 is 58.7. The van der Waals surface area contributed by atoms with E-state index >= 15 is 0 Å². The number of hydrogen-bond acceptors (Lipinski definition) is 6. The number of halogens is 4. The summed E-state index contributed by atoms with van der Waals surface area (Å²) in [6.07, 6.45) is 5.14. The molecule has 0 bridgehead atoms. The second-order valence-corrected chi connectivity index (χ2v) is 10.7. The first-order valence-electron chi connectivity index (χ1n) is 13.3. The lowest BCUT2D eigenvalue weighted by atomic mass is 9.96. The number of rotatable bonds is 9. The molecule has 3 heterocycles. The van der Waals surface area contributed by atoms with Crippen molar-refractivity contribution in [3.8, 4) is 16.9 Å². The maximum absolute atomic E-state index is 13.5. The summed E-state index contributed by atoms with van der Waals surface area (Å²) in [4.78, 5) is 56.4. The van der Waals surface area contributed by atoms with Crippen molar-refractivity contribution in [1.82, 2.24) is 14.5 Å². The molecule has 0 spiro atoms. The molecule has 3 aliphatic rings. The first kappa shape index (κ1) is 27.6. The molecule has 3 aromatic rings. The van der Waals surface area contributed by atoms with Gasteiger partial charge in [-0.05, 0) is 73.2 Å². The zero-order chi connectivity index (χ0) is 29.8. The minimum Gasteiger partial charge on any atom is -0.435 e. The topological polar surface area (TPSA) is 111 Å². The summed E-state index contributed by atoms with van der Waals surface area (Å²) in [5.41, 5.74) is 0.427. The van der Waals surface area contributed by atoms with Crippen molar-refractivity contribution < 1.29 is 36.7 Å². The average Bonchev–Trinajstić information content (AvgIpc) is 3.84. The van der Waals surface area contributed by atoms with E-state index in [-0.39, 0.29) is 45.8 Å². The minimum absolute atomic E-state index is 0.0510. The summed E-state index contributed by atoms with van der Waals surface area (Å²) in [6, 6.07) is 7.91. The van der Waals surface area contributed by atoms with Crippen LogP contribution >= 0.6 is 0 Å². The van der Waals surface area contributed by atoms with Crippen LogP contribution < -0.4 is 15.6 Å². The number of anilines is 1. The monoisotopic (exact) mass is 584 g/mol. The number of benzene rings is 1. The Morgan fingerprint density at radius 1 is 1.05 bits per heavy atom. The Labute approximate surface area is 236 Å². The smallest absolute Gasteiger partial charge is 0.387 e. The van der Waals surface area contributed by atoms with E-state index in [0.29, 0.717) is 17.5 Å². The number of likely N-dealkylation sites (tertiary alicyclic amines) is 1. The molecule has 2 aliphatic carbocycles. The van der Waals surface area contributed by atoms with Crippen LogP contribution in [0.2, 0.25) is 0 Å². The molecule has 218 valence electrons. The van der Waals surface area contributed by atoms with E-state index in [9.17, 15) is 36.7 Å². The van der Waals surface area contributed by atoms with Gasteiger partial charge in [-0.3, -0.25) is 19.2 Å². The summed E-state index contributed by atoms with van der Waals surface area (Å²) in [7, 11) is 0. The van der Waals surface area contributed by atoms with Crippen molar-refractivity contribution in [2.75, 3.05) is 18.4 Å². The quantitative estimate of drug-likeness (QED) is 0.284. The highest BCUT2D eigenvalue weighted by molar-refractivity contribution is 6.05. The van der Waals surface area contributed by atoms with E-state index in [0.717, 1.165) is 36.6 Å². The molecule has 2 aromatic heterocycles. The maximum Gasteiger partial charge on any atom is 0.387 e. The van der Waals surface area contributed by atoms with Crippen LogP contribution in [0.25, 0.3) is 11.1 Å². The molecule has 0 unspecified atom stereocenters. The van der Waals surface area contributed by atoms with Crippen molar-refractivity contribution in [3.05, 3.63) is 75.3 Å². The molecule has 1 aromatic carbocycles. The van der Waals surface area contributed by atoms with Crippen LogP contribution in [0.5, 0.6) is 5.75 Å². The fourth-order valence-corrected chi connectivity index (χ4v) is 4.97. The van der Waals surface area contributed by atoms with Crippen molar-refractivity contribution in [1.29, 1.82) is 0 Å². The second kappa shape index (κ2) is 10.4. The highest BCUT2D eigenvalue weighted by Gasteiger charge is 2.46. The first-order valence-corrected chi connectivity index (χ1v) is 13.3. The lowest BCUT2D eigenvalue weighted by Crippen LogP contribution is -2.58. The van der Waals surface area contributed by atoms with Crippen molar-refractivity contribution in [2.45, 2.75) is 50.2 Å². The summed E-state index contributed by atoms with van der Waals surface area (Å²) >= 11 is 0. The molecular weight excluding hydrogens is 560 g/mol. The summed E-state index contributed by atoms with van der Waals surface area (Å²) in [6.45, 7) is -4.79. The molecule has 1 aliphatic heterocycles. The Hall–Kier alpha value is -4.55. The van der Waals surface area contributed by atoms with Gasteiger partial charge in [-0.2, -0.15) is 8.78 Å². The Bertz CT molecular complexity index is 1660. The van der Waals surface area contributed by atoms with Gasteiger partial charge < -0.3 is 19.5 Å². The molecule has 1 N–H and O–H groups in total. The number of ether oxygens (including phenoxy) is 1. The number of nitrogens with one attached hydrogen (secondary N) is 1. The first-order chi connectivity index (χ1) is 20.0.